The highest BCUT2D eigenvalue weighted by atomic mass is 32.1. The number of hydrogen-bond acceptors (Lipinski definition) is 5. The summed E-state index contributed by atoms with van der Waals surface area (Å²) in [5, 5.41) is 5.31. The van der Waals surface area contributed by atoms with Crippen molar-refractivity contribution in [2.45, 2.75) is 20.0 Å². The van der Waals surface area contributed by atoms with E-state index in [1.165, 1.54) is 18.3 Å². The molecule has 3 rings (SSSR count). The van der Waals surface area contributed by atoms with Crippen molar-refractivity contribution in [3.8, 4) is 11.1 Å². The number of ether oxygens (including phenoxy) is 1. The van der Waals surface area contributed by atoms with Crippen LogP contribution in [0.15, 0.2) is 66.7 Å². The Morgan fingerprint density at radius 3 is 2.37 bits per heavy atom. The molecule has 0 fully saturated rings. The van der Waals surface area contributed by atoms with Gasteiger partial charge in [0.05, 0.1) is 4.88 Å². The van der Waals surface area contributed by atoms with Crippen LogP contribution in [0.5, 0.6) is 0 Å². The lowest BCUT2D eigenvalue weighted by Gasteiger charge is -2.16. The van der Waals surface area contributed by atoms with Gasteiger partial charge in [-0.05, 0) is 37.6 Å². The SMILES string of the molecule is Cc1ccc(C(=O)NCC(=O)OC(C)C(=O)Nc2ccccc2-c2ccccc2)s1. The van der Waals surface area contributed by atoms with E-state index >= 15 is 0 Å². The number of aryl methyl sites for hydroxylation is 1. The maximum atomic E-state index is 12.5. The van der Waals surface area contributed by atoms with E-state index in [9.17, 15) is 14.4 Å². The maximum Gasteiger partial charge on any atom is 0.326 e. The molecule has 0 aliphatic heterocycles. The quantitative estimate of drug-likeness (QED) is 0.563. The summed E-state index contributed by atoms with van der Waals surface area (Å²) in [5.41, 5.74) is 2.45. The standard InChI is InChI=1S/C23H22N2O4S/c1-15-12-13-20(30-15)23(28)24-14-21(26)29-16(2)22(27)25-19-11-7-6-10-18(19)17-8-4-3-5-9-17/h3-13,16H,14H2,1-2H3,(H,24,28)(H,25,27). The molecular formula is C23H22N2O4S. The Balaban J connectivity index is 1.55. The number of nitrogens with one attached hydrogen (secondary N) is 2. The highest BCUT2D eigenvalue weighted by molar-refractivity contribution is 7.13. The zero-order valence-electron chi connectivity index (χ0n) is 16.7. The van der Waals surface area contributed by atoms with Crippen molar-refractivity contribution < 1.29 is 19.1 Å². The number of carbonyl (C=O) groups is 3. The topological polar surface area (TPSA) is 84.5 Å². The van der Waals surface area contributed by atoms with E-state index in [0.717, 1.165) is 16.0 Å². The molecule has 0 aliphatic carbocycles. The van der Waals surface area contributed by atoms with E-state index in [-0.39, 0.29) is 12.5 Å². The van der Waals surface area contributed by atoms with Crippen LogP contribution in [-0.4, -0.2) is 30.4 Å². The molecule has 0 radical (unpaired) electrons. The van der Waals surface area contributed by atoms with Gasteiger partial charge in [-0.2, -0.15) is 0 Å². The predicted molar refractivity (Wildman–Crippen MR) is 117 cm³/mol. The first kappa shape index (κ1) is 21.3. The smallest absolute Gasteiger partial charge is 0.326 e. The van der Waals surface area contributed by atoms with Gasteiger partial charge in [-0.15, -0.1) is 11.3 Å². The highest BCUT2D eigenvalue weighted by Crippen LogP contribution is 2.27. The highest BCUT2D eigenvalue weighted by Gasteiger charge is 2.20. The van der Waals surface area contributed by atoms with Crippen LogP contribution in [0.2, 0.25) is 0 Å². The van der Waals surface area contributed by atoms with Crippen LogP contribution in [0, 0.1) is 6.92 Å². The zero-order chi connectivity index (χ0) is 21.5. The molecule has 7 heteroatoms. The molecule has 2 aromatic carbocycles. The summed E-state index contributed by atoms with van der Waals surface area (Å²) in [7, 11) is 0. The first-order valence-corrected chi connectivity index (χ1v) is 10.2. The molecule has 30 heavy (non-hydrogen) atoms. The van der Waals surface area contributed by atoms with Crippen molar-refractivity contribution in [1.29, 1.82) is 0 Å². The molecule has 0 aliphatic rings. The Labute approximate surface area is 178 Å². The van der Waals surface area contributed by atoms with E-state index in [1.807, 2.05) is 61.5 Å². The van der Waals surface area contributed by atoms with Crippen molar-refractivity contribution in [1.82, 2.24) is 5.32 Å². The third kappa shape index (κ3) is 5.55. The molecular weight excluding hydrogens is 400 g/mol. The number of carbonyl (C=O) groups excluding carboxylic acids is 3. The minimum Gasteiger partial charge on any atom is -0.451 e. The zero-order valence-corrected chi connectivity index (χ0v) is 17.5. The molecule has 0 saturated carbocycles. The summed E-state index contributed by atoms with van der Waals surface area (Å²) in [4.78, 5) is 38.1. The van der Waals surface area contributed by atoms with E-state index in [2.05, 4.69) is 10.6 Å². The van der Waals surface area contributed by atoms with Crippen LogP contribution >= 0.6 is 11.3 Å². The first-order valence-electron chi connectivity index (χ1n) is 9.43. The lowest BCUT2D eigenvalue weighted by molar-refractivity contribution is -0.152. The number of esters is 1. The van der Waals surface area contributed by atoms with Gasteiger partial charge in [0, 0.05) is 16.1 Å². The average molecular weight is 423 g/mol. The van der Waals surface area contributed by atoms with E-state index in [0.29, 0.717) is 10.6 Å². The van der Waals surface area contributed by atoms with Crippen molar-refractivity contribution >= 4 is 34.8 Å². The normalized spacial score (nSPS) is 11.4. The summed E-state index contributed by atoms with van der Waals surface area (Å²) >= 11 is 1.34. The number of hydrogen-bond donors (Lipinski definition) is 2. The van der Waals surface area contributed by atoms with Crippen LogP contribution < -0.4 is 10.6 Å². The van der Waals surface area contributed by atoms with Gasteiger partial charge in [0.15, 0.2) is 6.10 Å². The lowest BCUT2D eigenvalue weighted by Crippen LogP contribution is -2.35. The second-order valence-corrected chi connectivity index (χ2v) is 7.91. The second kappa shape index (κ2) is 9.84. The minimum atomic E-state index is -1.01. The van der Waals surface area contributed by atoms with Crippen LogP contribution in [0.4, 0.5) is 5.69 Å². The Morgan fingerprint density at radius 1 is 0.967 bits per heavy atom. The van der Waals surface area contributed by atoms with E-state index in [4.69, 9.17) is 4.74 Å². The minimum absolute atomic E-state index is 0.312. The molecule has 0 saturated heterocycles. The summed E-state index contributed by atoms with van der Waals surface area (Å²) in [6.07, 6.45) is -1.01. The van der Waals surface area contributed by atoms with E-state index in [1.54, 1.807) is 12.1 Å². The van der Waals surface area contributed by atoms with Gasteiger partial charge in [0.1, 0.15) is 6.54 Å². The van der Waals surface area contributed by atoms with Gasteiger partial charge in [-0.1, -0.05) is 48.5 Å². The van der Waals surface area contributed by atoms with E-state index < -0.39 is 18.0 Å². The summed E-state index contributed by atoms with van der Waals surface area (Å²) in [6.45, 7) is 3.07. The molecule has 6 nitrogen and oxygen atoms in total. The number of thiophene rings is 1. The van der Waals surface area contributed by atoms with Crippen molar-refractivity contribution in [2.75, 3.05) is 11.9 Å². The Kier molecular flexibility index (Phi) is 6.98. The molecule has 1 atom stereocenters. The Hall–Kier alpha value is -3.45. The number of benzene rings is 2. The van der Waals surface area contributed by atoms with Crippen LogP contribution in [0.1, 0.15) is 21.5 Å². The van der Waals surface area contributed by atoms with Crippen LogP contribution in [0.25, 0.3) is 11.1 Å². The molecule has 2 N–H and O–H groups in total. The third-order valence-electron chi connectivity index (χ3n) is 4.30. The molecule has 3 aromatic rings. The van der Waals surface area contributed by atoms with Gasteiger partial charge in [-0.25, -0.2) is 0 Å². The van der Waals surface area contributed by atoms with Gasteiger partial charge >= 0.3 is 5.97 Å². The fourth-order valence-corrected chi connectivity index (χ4v) is 3.57. The Bertz CT molecular complexity index is 1050. The monoisotopic (exact) mass is 422 g/mol. The Morgan fingerprint density at radius 2 is 1.67 bits per heavy atom. The summed E-state index contributed by atoms with van der Waals surface area (Å²) < 4.78 is 5.16. The van der Waals surface area contributed by atoms with Crippen molar-refractivity contribution in [3.63, 3.8) is 0 Å². The molecule has 0 bridgehead atoms. The predicted octanol–water partition coefficient (Wildman–Crippen LogP) is 4.02. The average Bonchev–Trinajstić information content (AvgIpc) is 3.19. The van der Waals surface area contributed by atoms with Gasteiger partial charge in [0.25, 0.3) is 11.8 Å². The number of para-hydroxylation sites is 1. The molecule has 1 unspecified atom stereocenters. The largest absolute Gasteiger partial charge is 0.451 e. The van der Waals surface area contributed by atoms with Crippen molar-refractivity contribution in [3.05, 3.63) is 76.5 Å². The summed E-state index contributed by atoms with van der Waals surface area (Å²) in [6, 6.07) is 20.6. The number of anilines is 1. The fraction of sp³-hybridized carbons (Fsp3) is 0.174. The van der Waals surface area contributed by atoms with Crippen LogP contribution in [0.3, 0.4) is 0 Å². The number of amides is 2. The molecule has 2 amide bonds. The third-order valence-corrected chi connectivity index (χ3v) is 5.30. The van der Waals surface area contributed by atoms with Gasteiger partial charge in [0.2, 0.25) is 0 Å². The molecule has 154 valence electrons. The molecule has 1 heterocycles. The summed E-state index contributed by atoms with van der Waals surface area (Å²) in [5.74, 6) is -1.48. The molecule has 0 spiro atoms. The number of rotatable bonds is 7. The van der Waals surface area contributed by atoms with Gasteiger partial charge < -0.3 is 15.4 Å². The first-order chi connectivity index (χ1) is 14.4. The lowest BCUT2D eigenvalue weighted by atomic mass is 10.0. The van der Waals surface area contributed by atoms with Crippen LogP contribution in [-0.2, 0) is 14.3 Å². The van der Waals surface area contributed by atoms with Gasteiger partial charge in [-0.3, -0.25) is 14.4 Å². The second-order valence-electron chi connectivity index (χ2n) is 6.63. The fourth-order valence-electron chi connectivity index (χ4n) is 2.78. The maximum absolute atomic E-state index is 12.5. The molecule has 1 aromatic heterocycles. The van der Waals surface area contributed by atoms with Crippen molar-refractivity contribution in [2.24, 2.45) is 0 Å².